The first kappa shape index (κ1) is 22.8. The zero-order chi connectivity index (χ0) is 23.8. The van der Waals surface area contributed by atoms with Crippen LogP contribution in [0.3, 0.4) is 0 Å². The summed E-state index contributed by atoms with van der Waals surface area (Å²) in [5.74, 6) is -0.102. The number of methoxy groups -OCH3 is 1. The van der Waals surface area contributed by atoms with Crippen molar-refractivity contribution in [1.29, 1.82) is 5.26 Å². The van der Waals surface area contributed by atoms with E-state index in [1.165, 1.54) is 30.5 Å². The van der Waals surface area contributed by atoms with Gasteiger partial charge in [0.05, 0.1) is 30.2 Å². The van der Waals surface area contributed by atoms with E-state index >= 15 is 0 Å². The van der Waals surface area contributed by atoms with Crippen LogP contribution in [0.5, 0.6) is 0 Å². The van der Waals surface area contributed by atoms with Crippen LogP contribution in [0.2, 0.25) is 0 Å². The van der Waals surface area contributed by atoms with E-state index in [0.29, 0.717) is 24.2 Å². The molecule has 1 unspecified atom stereocenters. The van der Waals surface area contributed by atoms with E-state index in [1.54, 1.807) is 10.7 Å². The van der Waals surface area contributed by atoms with E-state index in [1.807, 2.05) is 0 Å². The summed E-state index contributed by atoms with van der Waals surface area (Å²) in [5, 5.41) is 17.4. The number of nitrogens with one attached hydrogen (secondary N) is 2. The van der Waals surface area contributed by atoms with Crippen LogP contribution < -0.4 is 10.9 Å². The summed E-state index contributed by atoms with van der Waals surface area (Å²) in [5.41, 5.74) is -1.94. The SMILES string of the molecule is COC(C)(c1ccc(Nc2nn([C@H]3COCC[C@@H]3C#N)c3cc[nH]c(=O)c23)cc1)C(F)(F)F. The Balaban J connectivity index is 1.72. The summed E-state index contributed by atoms with van der Waals surface area (Å²) >= 11 is 0. The first-order valence-electron chi connectivity index (χ1n) is 10.3. The van der Waals surface area contributed by atoms with Gasteiger partial charge in [-0.05, 0) is 37.1 Å². The highest BCUT2D eigenvalue weighted by atomic mass is 19.4. The molecular formula is C22H22F3N5O3. The second-order valence-corrected chi connectivity index (χ2v) is 7.96. The van der Waals surface area contributed by atoms with Gasteiger partial charge in [0, 0.05) is 25.6 Å². The molecule has 174 valence electrons. The van der Waals surface area contributed by atoms with Crippen LogP contribution in [0.25, 0.3) is 10.9 Å². The van der Waals surface area contributed by atoms with Crippen molar-refractivity contribution in [2.75, 3.05) is 25.6 Å². The second kappa shape index (κ2) is 8.53. The third kappa shape index (κ3) is 3.96. The summed E-state index contributed by atoms with van der Waals surface area (Å²) in [6.07, 6.45) is -2.55. The van der Waals surface area contributed by atoms with Crippen molar-refractivity contribution in [2.24, 2.45) is 5.92 Å². The highest BCUT2D eigenvalue weighted by molar-refractivity contribution is 5.91. The molecule has 8 nitrogen and oxygen atoms in total. The molecule has 1 fully saturated rings. The van der Waals surface area contributed by atoms with Gasteiger partial charge in [-0.2, -0.15) is 23.5 Å². The number of aromatic amines is 1. The third-order valence-electron chi connectivity index (χ3n) is 6.08. The quantitative estimate of drug-likeness (QED) is 0.595. The molecule has 3 heterocycles. The number of alkyl halides is 3. The Bertz CT molecular complexity index is 1250. The molecule has 2 aromatic heterocycles. The number of anilines is 2. The Kier molecular flexibility index (Phi) is 5.90. The fraction of sp³-hybridized carbons (Fsp3) is 0.409. The zero-order valence-electron chi connectivity index (χ0n) is 17.9. The second-order valence-electron chi connectivity index (χ2n) is 7.96. The monoisotopic (exact) mass is 461 g/mol. The van der Waals surface area contributed by atoms with Crippen molar-refractivity contribution in [3.8, 4) is 6.07 Å². The number of hydrogen-bond donors (Lipinski definition) is 2. The number of nitrogens with zero attached hydrogens (tertiary/aromatic N) is 3. The standard InChI is InChI=1S/C22H22F3N5O3/c1-21(32-2,22(23,24)25)14-3-5-15(6-4-14)28-19-18-16(7-9-27-20(18)31)30(29-19)17-12-33-10-8-13(17)11-26/h3-7,9,13,17H,8,10,12H2,1-2H3,(H,27,31)(H,28,29)/t13-,17+,21?/m1/s1. The molecule has 2 N–H and O–H groups in total. The van der Waals surface area contributed by atoms with E-state index in [0.717, 1.165) is 14.0 Å². The number of aromatic nitrogens is 3. The van der Waals surface area contributed by atoms with Crippen LogP contribution in [0.4, 0.5) is 24.7 Å². The first-order valence-corrected chi connectivity index (χ1v) is 10.3. The molecule has 33 heavy (non-hydrogen) atoms. The number of H-pyrrole nitrogens is 1. The molecule has 1 aliphatic heterocycles. The van der Waals surface area contributed by atoms with Crippen molar-refractivity contribution < 1.29 is 22.6 Å². The van der Waals surface area contributed by atoms with Crippen LogP contribution in [0.1, 0.15) is 24.9 Å². The lowest BCUT2D eigenvalue weighted by Gasteiger charge is -2.31. The van der Waals surface area contributed by atoms with Gasteiger partial charge in [0.1, 0.15) is 5.39 Å². The minimum Gasteiger partial charge on any atom is -0.379 e. The van der Waals surface area contributed by atoms with Crippen LogP contribution in [0, 0.1) is 17.2 Å². The van der Waals surface area contributed by atoms with Crippen molar-refractivity contribution in [3.63, 3.8) is 0 Å². The van der Waals surface area contributed by atoms with Crippen molar-refractivity contribution in [2.45, 2.75) is 31.2 Å². The molecule has 0 aliphatic carbocycles. The summed E-state index contributed by atoms with van der Waals surface area (Å²) in [6.45, 7) is 1.72. The maximum absolute atomic E-state index is 13.5. The number of rotatable bonds is 5. The Morgan fingerprint density at radius 2 is 2.03 bits per heavy atom. The largest absolute Gasteiger partial charge is 0.421 e. The lowest BCUT2D eigenvalue weighted by atomic mass is 9.95. The fourth-order valence-corrected chi connectivity index (χ4v) is 3.96. The lowest BCUT2D eigenvalue weighted by Crippen LogP contribution is -2.41. The zero-order valence-corrected chi connectivity index (χ0v) is 17.9. The number of hydrogen-bond acceptors (Lipinski definition) is 6. The van der Waals surface area contributed by atoms with Crippen LogP contribution in [-0.2, 0) is 15.1 Å². The molecule has 3 atom stereocenters. The Morgan fingerprint density at radius 1 is 1.30 bits per heavy atom. The summed E-state index contributed by atoms with van der Waals surface area (Å²) < 4.78 is 52.3. The van der Waals surface area contributed by atoms with E-state index in [4.69, 9.17) is 9.47 Å². The first-order chi connectivity index (χ1) is 15.7. The number of benzene rings is 1. The molecular weight excluding hydrogens is 439 g/mol. The van der Waals surface area contributed by atoms with Gasteiger partial charge in [-0.25, -0.2) is 0 Å². The Labute approximate surface area is 186 Å². The Hall–Kier alpha value is -3.36. The highest BCUT2D eigenvalue weighted by Gasteiger charge is 2.53. The maximum atomic E-state index is 13.5. The minimum atomic E-state index is -4.60. The van der Waals surface area contributed by atoms with E-state index < -0.39 is 11.8 Å². The molecule has 0 spiro atoms. The average molecular weight is 461 g/mol. The summed E-state index contributed by atoms with van der Waals surface area (Å²) in [4.78, 5) is 15.2. The summed E-state index contributed by atoms with van der Waals surface area (Å²) in [6, 6.07) is 9.13. The van der Waals surface area contributed by atoms with Crippen molar-refractivity contribution in [1.82, 2.24) is 14.8 Å². The third-order valence-corrected chi connectivity index (χ3v) is 6.08. The molecule has 0 amide bonds. The molecule has 1 aromatic carbocycles. The molecule has 4 rings (SSSR count). The molecule has 0 bridgehead atoms. The van der Waals surface area contributed by atoms with Gasteiger partial charge in [-0.3, -0.25) is 9.48 Å². The number of fused-ring (bicyclic) bond motifs is 1. The maximum Gasteiger partial charge on any atom is 0.421 e. The molecule has 3 aromatic rings. The Morgan fingerprint density at radius 3 is 2.67 bits per heavy atom. The van der Waals surface area contributed by atoms with Gasteiger partial charge in [-0.15, -0.1) is 0 Å². The molecule has 0 saturated carbocycles. The van der Waals surface area contributed by atoms with Crippen LogP contribution in [0.15, 0.2) is 41.3 Å². The van der Waals surface area contributed by atoms with E-state index in [2.05, 4.69) is 21.5 Å². The topological polar surface area (TPSA) is 105 Å². The number of nitriles is 1. The van der Waals surface area contributed by atoms with Gasteiger partial charge in [-0.1, -0.05) is 12.1 Å². The number of pyridine rings is 1. The minimum absolute atomic E-state index is 0.0625. The number of ether oxygens (including phenoxy) is 2. The predicted molar refractivity (Wildman–Crippen MR) is 114 cm³/mol. The molecule has 11 heteroatoms. The average Bonchev–Trinajstić information content (AvgIpc) is 3.17. The molecule has 1 saturated heterocycles. The van der Waals surface area contributed by atoms with Gasteiger partial charge in [0.25, 0.3) is 5.56 Å². The van der Waals surface area contributed by atoms with Gasteiger partial charge in [0.2, 0.25) is 0 Å². The van der Waals surface area contributed by atoms with Crippen molar-refractivity contribution >= 4 is 22.4 Å². The van der Waals surface area contributed by atoms with E-state index in [9.17, 15) is 23.2 Å². The fourth-order valence-electron chi connectivity index (χ4n) is 3.96. The summed E-state index contributed by atoms with van der Waals surface area (Å²) in [7, 11) is 1.01. The molecule has 0 radical (unpaired) electrons. The smallest absolute Gasteiger partial charge is 0.379 e. The van der Waals surface area contributed by atoms with Crippen LogP contribution in [-0.4, -0.2) is 41.3 Å². The van der Waals surface area contributed by atoms with Gasteiger partial charge >= 0.3 is 6.18 Å². The normalized spacial score (nSPS) is 20.8. The van der Waals surface area contributed by atoms with Gasteiger partial charge in [0.15, 0.2) is 11.4 Å². The predicted octanol–water partition coefficient (Wildman–Crippen LogP) is 3.99. The lowest BCUT2D eigenvalue weighted by molar-refractivity contribution is -0.269. The van der Waals surface area contributed by atoms with Gasteiger partial charge < -0.3 is 19.8 Å². The number of halogens is 3. The van der Waals surface area contributed by atoms with E-state index in [-0.39, 0.29) is 40.9 Å². The van der Waals surface area contributed by atoms with Crippen LogP contribution >= 0.6 is 0 Å². The molecule has 1 aliphatic rings. The highest BCUT2D eigenvalue weighted by Crippen LogP contribution is 2.41. The van der Waals surface area contributed by atoms with Crippen molar-refractivity contribution in [3.05, 3.63) is 52.4 Å².